The van der Waals surface area contributed by atoms with E-state index >= 15 is 0 Å². The number of rotatable bonds is 6. The number of halogens is 2. The second-order valence-electron chi connectivity index (χ2n) is 9.15. The quantitative estimate of drug-likeness (QED) is 0.431. The van der Waals surface area contributed by atoms with Crippen LogP contribution in [0.5, 0.6) is 0 Å². The number of piperazine rings is 1. The first-order valence-corrected chi connectivity index (χ1v) is 13.9. The molecule has 12 heteroatoms. The lowest BCUT2D eigenvalue weighted by Crippen LogP contribution is -2.49. The first-order valence-electron chi connectivity index (χ1n) is 12.4. The van der Waals surface area contributed by atoms with Crippen molar-refractivity contribution in [1.82, 2.24) is 14.2 Å². The van der Waals surface area contributed by atoms with E-state index in [9.17, 15) is 26.8 Å². The van der Waals surface area contributed by atoms with Crippen molar-refractivity contribution in [2.24, 2.45) is 0 Å². The predicted octanol–water partition coefficient (Wildman–Crippen LogP) is 2.57. The van der Waals surface area contributed by atoms with E-state index in [0.717, 1.165) is 12.1 Å². The summed E-state index contributed by atoms with van der Waals surface area (Å²) in [6.45, 7) is 2.92. The zero-order valence-corrected chi connectivity index (χ0v) is 21.7. The maximum absolute atomic E-state index is 13.7. The van der Waals surface area contributed by atoms with E-state index in [1.165, 1.54) is 34.8 Å². The summed E-state index contributed by atoms with van der Waals surface area (Å²) in [6.07, 6.45) is 1.35. The molecule has 3 aromatic rings. The molecule has 1 amide bonds. The molecule has 2 aliphatic rings. The highest BCUT2D eigenvalue weighted by Gasteiger charge is 2.29. The van der Waals surface area contributed by atoms with Crippen LogP contribution in [0.3, 0.4) is 0 Å². The van der Waals surface area contributed by atoms with Gasteiger partial charge in [0, 0.05) is 56.6 Å². The van der Waals surface area contributed by atoms with Crippen LogP contribution in [-0.2, 0) is 14.8 Å². The third kappa shape index (κ3) is 5.54. The van der Waals surface area contributed by atoms with Gasteiger partial charge in [0.2, 0.25) is 10.0 Å². The third-order valence-electron chi connectivity index (χ3n) is 6.80. The Morgan fingerprint density at radius 2 is 1.51 bits per heavy atom. The fraction of sp³-hybridized carbons (Fsp3) is 0.296. The topological polar surface area (TPSA) is 100 Å². The molecule has 0 radical (unpaired) electrons. The smallest absolute Gasteiger partial charge is 0.254 e. The molecule has 2 aliphatic heterocycles. The number of hydrogen-bond donors (Lipinski definition) is 0. The first kappa shape index (κ1) is 26.9. The molecule has 1 aromatic heterocycles. The lowest BCUT2D eigenvalue weighted by Gasteiger charge is -2.35. The Morgan fingerprint density at radius 3 is 2.15 bits per heavy atom. The van der Waals surface area contributed by atoms with E-state index in [4.69, 9.17) is 4.74 Å². The summed E-state index contributed by atoms with van der Waals surface area (Å²) in [4.78, 5) is 34.4. The van der Waals surface area contributed by atoms with Crippen LogP contribution < -0.4 is 4.90 Å². The Labute approximate surface area is 224 Å². The largest absolute Gasteiger partial charge is 0.379 e. The molecular weight excluding hydrogens is 530 g/mol. The maximum atomic E-state index is 13.7. The summed E-state index contributed by atoms with van der Waals surface area (Å²) in [6, 6.07) is 12.3. The minimum Gasteiger partial charge on any atom is -0.379 e. The fourth-order valence-electron chi connectivity index (χ4n) is 4.62. The van der Waals surface area contributed by atoms with Gasteiger partial charge in [0.1, 0.15) is 10.7 Å². The van der Waals surface area contributed by atoms with Gasteiger partial charge in [0.15, 0.2) is 17.4 Å². The van der Waals surface area contributed by atoms with Gasteiger partial charge < -0.3 is 14.5 Å². The van der Waals surface area contributed by atoms with E-state index in [-0.39, 0.29) is 27.5 Å². The van der Waals surface area contributed by atoms with Gasteiger partial charge in [-0.05, 0) is 36.4 Å². The van der Waals surface area contributed by atoms with E-state index in [1.807, 2.05) is 4.90 Å². The molecule has 2 saturated heterocycles. The third-order valence-corrected chi connectivity index (χ3v) is 8.69. The lowest BCUT2D eigenvalue weighted by atomic mass is 9.97. The van der Waals surface area contributed by atoms with Crippen molar-refractivity contribution in [1.29, 1.82) is 0 Å². The Hall–Kier alpha value is -3.74. The molecule has 0 N–H and O–H groups in total. The van der Waals surface area contributed by atoms with Crippen molar-refractivity contribution in [3.8, 4) is 0 Å². The van der Waals surface area contributed by atoms with Gasteiger partial charge in [-0.1, -0.05) is 18.2 Å². The fourth-order valence-corrected chi connectivity index (χ4v) is 5.97. The number of benzene rings is 2. The average molecular weight is 557 g/mol. The van der Waals surface area contributed by atoms with Gasteiger partial charge >= 0.3 is 0 Å². The summed E-state index contributed by atoms with van der Waals surface area (Å²) >= 11 is 0. The molecular formula is C27H26F2N4O5S. The number of ketones is 1. The first-order chi connectivity index (χ1) is 18.8. The number of sulfonamides is 1. The van der Waals surface area contributed by atoms with Crippen LogP contribution in [0.4, 0.5) is 14.6 Å². The van der Waals surface area contributed by atoms with E-state index in [2.05, 4.69) is 4.98 Å². The van der Waals surface area contributed by atoms with Crippen molar-refractivity contribution < 1.29 is 31.5 Å². The van der Waals surface area contributed by atoms with Crippen molar-refractivity contribution in [3.05, 3.63) is 89.1 Å². The minimum absolute atomic E-state index is 0.0517. The van der Waals surface area contributed by atoms with Gasteiger partial charge in [-0.2, -0.15) is 4.31 Å². The monoisotopic (exact) mass is 556 g/mol. The van der Waals surface area contributed by atoms with Crippen LogP contribution in [0.25, 0.3) is 0 Å². The maximum Gasteiger partial charge on any atom is 0.254 e. The van der Waals surface area contributed by atoms with Crippen LogP contribution >= 0.6 is 0 Å². The van der Waals surface area contributed by atoms with Crippen molar-refractivity contribution in [3.63, 3.8) is 0 Å². The van der Waals surface area contributed by atoms with E-state index in [1.54, 1.807) is 23.1 Å². The number of morpholine rings is 1. The SMILES string of the molecule is O=C(c1ccc(F)c(F)c1)c1ccccc1C(=O)N1CCN(c2ccc(S(=O)(=O)N3CCOCC3)cn2)CC1. The molecule has 0 aliphatic carbocycles. The second kappa shape index (κ2) is 11.2. The molecule has 0 spiro atoms. The summed E-state index contributed by atoms with van der Waals surface area (Å²) < 4.78 is 59.3. The normalized spacial score (nSPS) is 16.8. The summed E-state index contributed by atoms with van der Waals surface area (Å²) in [5.74, 6) is -2.52. The van der Waals surface area contributed by atoms with Crippen molar-refractivity contribution >= 4 is 27.5 Å². The second-order valence-corrected chi connectivity index (χ2v) is 11.1. The highest BCUT2D eigenvalue weighted by molar-refractivity contribution is 7.89. The molecule has 5 rings (SSSR count). The zero-order valence-electron chi connectivity index (χ0n) is 20.9. The van der Waals surface area contributed by atoms with E-state index in [0.29, 0.717) is 58.3 Å². The number of nitrogens with zero attached hydrogens (tertiary/aromatic N) is 4. The Morgan fingerprint density at radius 1 is 0.821 bits per heavy atom. The van der Waals surface area contributed by atoms with Gasteiger partial charge in [0.25, 0.3) is 5.91 Å². The summed E-state index contributed by atoms with van der Waals surface area (Å²) in [7, 11) is -3.64. The summed E-state index contributed by atoms with van der Waals surface area (Å²) in [5.41, 5.74) is 0.232. The number of carbonyl (C=O) groups is 2. The van der Waals surface area contributed by atoms with Crippen LogP contribution in [0.15, 0.2) is 65.7 Å². The molecule has 2 fully saturated rings. The average Bonchev–Trinajstić information content (AvgIpc) is 2.98. The molecule has 9 nitrogen and oxygen atoms in total. The Kier molecular flexibility index (Phi) is 7.69. The Bertz CT molecular complexity index is 1490. The lowest BCUT2D eigenvalue weighted by molar-refractivity contribution is 0.0730. The minimum atomic E-state index is -3.64. The number of ether oxygens (including phenoxy) is 1. The van der Waals surface area contributed by atoms with Gasteiger partial charge in [-0.15, -0.1) is 0 Å². The molecule has 2 aromatic carbocycles. The number of anilines is 1. The molecule has 0 bridgehead atoms. The summed E-state index contributed by atoms with van der Waals surface area (Å²) in [5, 5.41) is 0. The zero-order chi connectivity index (χ0) is 27.6. The Balaban J connectivity index is 1.25. The number of aromatic nitrogens is 1. The molecule has 204 valence electrons. The number of hydrogen-bond acceptors (Lipinski definition) is 7. The number of carbonyl (C=O) groups excluding carboxylic acids is 2. The predicted molar refractivity (Wildman–Crippen MR) is 138 cm³/mol. The molecule has 39 heavy (non-hydrogen) atoms. The van der Waals surface area contributed by atoms with E-state index < -0.39 is 27.4 Å². The van der Waals surface area contributed by atoms with Crippen LogP contribution in [0.2, 0.25) is 0 Å². The highest BCUT2D eigenvalue weighted by atomic mass is 32.2. The highest BCUT2D eigenvalue weighted by Crippen LogP contribution is 2.22. The van der Waals surface area contributed by atoms with Gasteiger partial charge in [-0.25, -0.2) is 22.2 Å². The molecule has 0 saturated carbocycles. The molecule has 3 heterocycles. The molecule has 0 unspecified atom stereocenters. The van der Waals surface area contributed by atoms with Gasteiger partial charge in [0.05, 0.1) is 18.8 Å². The van der Waals surface area contributed by atoms with Crippen molar-refractivity contribution in [2.45, 2.75) is 4.90 Å². The van der Waals surface area contributed by atoms with Gasteiger partial charge in [-0.3, -0.25) is 9.59 Å². The number of amides is 1. The van der Waals surface area contributed by atoms with Crippen LogP contribution in [0, 0.1) is 11.6 Å². The van der Waals surface area contributed by atoms with Crippen molar-refractivity contribution in [2.75, 3.05) is 57.4 Å². The number of pyridine rings is 1. The van der Waals surface area contributed by atoms with Crippen LogP contribution in [-0.4, -0.2) is 86.8 Å². The molecule has 0 atom stereocenters. The standard InChI is InChI=1S/C27H26F2N4O5S/c28-23-7-5-19(17-24(23)29)26(34)21-3-1-2-4-22(21)27(35)32-11-9-31(10-12-32)25-8-6-20(18-30-25)39(36,37)33-13-15-38-16-14-33/h1-8,17-18H,9-16H2. The van der Waals surface area contributed by atoms with Crippen LogP contribution in [0.1, 0.15) is 26.3 Å².